The third-order valence-corrected chi connectivity index (χ3v) is 2.63. The van der Waals surface area contributed by atoms with Gasteiger partial charge in [-0.2, -0.15) is 20.5 Å². The third-order valence-electron chi connectivity index (χ3n) is 1.93. The molecule has 0 heterocycles. The molecule has 0 radical (unpaired) electrons. The minimum atomic E-state index is -2.76. The van der Waals surface area contributed by atoms with Gasteiger partial charge in [0.15, 0.2) is 0 Å². The monoisotopic (exact) mass is 247 g/mol. The molecule has 0 aromatic heterocycles. The highest BCUT2D eigenvalue weighted by atomic mass is 32.2. The highest BCUT2D eigenvalue weighted by Gasteiger charge is 2.03. The molecular formula is C11H15F2NOS. The summed E-state index contributed by atoms with van der Waals surface area (Å²) in [6.45, 7) is -1.88. The van der Waals surface area contributed by atoms with Gasteiger partial charge in [-0.15, -0.1) is 0 Å². The normalized spacial score (nSPS) is 10.5. The average molecular weight is 247 g/mol. The van der Waals surface area contributed by atoms with E-state index in [-0.39, 0.29) is 5.75 Å². The van der Waals surface area contributed by atoms with Crippen molar-refractivity contribution in [1.29, 1.82) is 0 Å². The zero-order valence-corrected chi connectivity index (χ0v) is 9.90. The number of halogens is 2. The first-order valence-corrected chi connectivity index (χ1v) is 6.39. The largest absolute Gasteiger partial charge is 0.435 e. The zero-order chi connectivity index (χ0) is 11.8. The third kappa shape index (κ3) is 5.21. The Morgan fingerprint density at radius 1 is 1.31 bits per heavy atom. The molecule has 90 valence electrons. The maximum absolute atomic E-state index is 11.9. The molecule has 0 unspecified atom stereocenters. The maximum Gasteiger partial charge on any atom is 0.387 e. The number of ether oxygens (including phenoxy) is 1. The number of nitrogens with one attached hydrogen (secondary N) is 1. The van der Waals surface area contributed by atoms with Crippen LogP contribution in [0.5, 0.6) is 5.75 Å². The van der Waals surface area contributed by atoms with Gasteiger partial charge in [-0.1, -0.05) is 0 Å². The van der Waals surface area contributed by atoms with Gasteiger partial charge in [-0.25, -0.2) is 0 Å². The van der Waals surface area contributed by atoms with Gasteiger partial charge in [0.1, 0.15) is 5.75 Å². The lowest BCUT2D eigenvalue weighted by Crippen LogP contribution is -2.04. The minimum Gasteiger partial charge on any atom is -0.435 e. The summed E-state index contributed by atoms with van der Waals surface area (Å²) in [4.78, 5) is 0. The Labute approximate surface area is 98.4 Å². The van der Waals surface area contributed by atoms with E-state index in [4.69, 9.17) is 0 Å². The Morgan fingerprint density at radius 2 is 2.00 bits per heavy atom. The molecule has 1 aromatic rings. The van der Waals surface area contributed by atoms with Crippen molar-refractivity contribution >= 4 is 17.4 Å². The van der Waals surface area contributed by atoms with E-state index in [0.29, 0.717) is 0 Å². The quantitative estimate of drug-likeness (QED) is 0.746. The Hall–Kier alpha value is -0.970. The minimum absolute atomic E-state index is 0.185. The Balaban J connectivity index is 2.33. The van der Waals surface area contributed by atoms with Crippen LogP contribution in [0.1, 0.15) is 6.42 Å². The Kier molecular flexibility index (Phi) is 6.00. The molecule has 1 N–H and O–H groups in total. The topological polar surface area (TPSA) is 21.3 Å². The maximum atomic E-state index is 11.9. The molecule has 0 aliphatic heterocycles. The van der Waals surface area contributed by atoms with Gasteiger partial charge < -0.3 is 10.1 Å². The van der Waals surface area contributed by atoms with Crippen LogP contribution in [0.15, 0.2) is 24.3 Å². The van der Waals surface area contributed by atoms with Crippen LogP contribution in [0.25, 0.3) is 0 Å². The van der Waals surface area contributed by atoms with Crippen LogP contribution >= 0.6 is 11.8 Å². The van der Waals surface area contributed by atoms with Crippen molar-refractivity contribution in [3.8, 4) is 5.75 Å². The molecule has 2 nitrogen and oxygen atoms in total. The molecule has 0 atom stereocenters. The van der Waals surface area contributed by atoms with E-state index < -0.39 is 6.61 Å². The lowest BCUT2D eigenvalue weighted by Gasteiger charge is -2.07. The van der Waals surface area contributed by atoms with Gasteiger partial charge in [0, 0.05) is 12.2 Å². The van der Waals surface area contributed by atoms with Crippen molar-refractivity contribution in [3.05, 3.63) is 24.3 Å². The highest BCUT2D eigenvalue weighted by molar-refractivity contribution is 7.98. The molecular weight excluding hydrogens is 232 g/mol. The second-order valence-electron chi connectivity index (χ2n) is 3.18. The number of benzene rings is 1. The van der Waals surface area contributed by atoms with E-state index >= 15 is 0 Å². The predicted octanol–water partition coefficient (Wildman–Crippen LogP) is 3.45. The number of rotatable bonds is 7. The fourth-order valence-electron chi connectivity index (χ4n) is 1.20. The van der Waals surface area contributed by atoms with Gasteiger partial charge in [0.25, 0.3) is 0 Å². The second-order valence-corrected chi connectivity index (χ2v) is 4.16. The first kappa shape index (κ1) is 13.1. The molecule has 0 saturated heterocycles. The van der Waals surface area contributed by atoms with E-state index in [1.54, 1.807) is 23.9 Å². The lowest BCUT2D eigenvalue weighted by molar-refractivity contribution is -0.0498. The van der Waals surface area contributed by atoms with Crippen LogP contribution in [0.2, 0.25) is 0 Å². The van der Waals surface area contributed by atoms with Gasteiger partial charge >= 0.3 is 6.61 Å². The molecule has 0 bridgehead atoms. The Morgan fingerprint density at radius 3 is 2.56 bits per heavy atom. The zero-order valence-electron chi connectivity index (χ0n) is 9.08. The van der Waals surface area contributed by atoms with E-state index in [1.165, 1.54) is 12.1 Å². The lowest BCUT2D eigenvalue weighted by atomic mass is 10.3. The van der Waals surface area contributed by atoms with Crippen molar-refractivity contribution in [1.82, 2.24) is 0 Å². The summed E-state index contributed by atoms with van der Waals surface area (Å²) in [6.07, 6.45) is 3.15. The van der Waals surface area contributed by atoms with Crippen molar-refractivity contribution < 1.29 is 13.5 Å². The first-order chi connectivity index (χ1) is 7.72. The fourth-order valence-corrected chi connectivity index (χ4v) is 1.64. The van der Waals surface area contributed by atoms with Crippen LogP contribution in [-0.2, 0) is 0 Å². The van der Waals surface area contributed by atoms with Crippen molar-refractivity contribution in [2.45, 2.75) is 13.0 Å². The molecule has 0 aliphatic carbocycles. The average Bonchev–Trinajstić information content (AvgIpc) is 2.26. The summed E-state index contributed by atoms with van der Waals surface area (Å²) in [5.74, 6) is 1.30. The summed E-state index contributed by atoms with van der Waals surface area (Å²) in [5, 5.41) is 3.20. The van der Waals surface area contributed by atoms with Crippen LogP contribution < -0.4 is 10.1 Å². The van der Waals surface area contributed by atoms with Gasteiger partial charge in [0.05, 0.1) is 0 Å². The second kappa shape index (κ2) is 7.33. The van der Waals surface area contributed by atoms with Gasteiger partial charge in [-0.05, 0) is 42.7 Å². The van der Waals surface area contributed by atoms with E-state index in [0.717, 1.165) is 24.4 Å². The molecule has 1 aromatic carbocycles. The molecule has 0 amide bonds. The number of hydrogen-bond acceptors (Lipinski definition) is 3. The van der Waals surface area contributed by atoms with E-state index in [9.17, 15) is 8.78 Å². The van der Waals surface area contributed by atoms with E-state index in [2.05, 4.69) is 16.3 Å². The van der Waals surface area contributed by atoms with Gasteiger partial charge in [-0.3, -0.25) is 0 Å². The van der Waals surface area contributed by atoms with Crippen LogP contribution in [0.3, 0.4) is 0 Å². The fraction of sp³-hybridized carbons (Fsp3) is 0.455. The number of hydrogen-bond donors (Lipinski definition) is 1. The standard InChI is InChI=1S/C11H15F2NOS/c1-16-8-2-7-14-9-3-5-10(6-4-9)15-11(12)13/h3-6,11,14H,2,7-8H2,1H3. The molecule has 5 heteroatoms. The van der Waals surface area contributed by atoms with Crippen LogP contribution in [0.4, 0.5) is 14.5 Å². The van der Waals surface area contributed by atoms with Crippen LogP contribution in [-0.4, -0.2) is 25.2 Å². The number of anilines is 1. The summed E-state index contributed by atoms with van der Waals surface area (Å²) in [6, 6.07) is 6.53. The molecule has 0 aliphatic rings. The number of alkyl halides is 2. The van der Waals surface area contributed by atoms with Crippen molar-refractivity contribution in [3.63, 3.8) is 0 Å². The summed E-state index contributed by atoms with van der Waals surface area (Å²) in [7, 11) is 0. The summed E-state index contributed by atoms with van der Waals surface area (Å²) >= 11 is 1.80. The molecule has 1 rings (SSSR count). The highest BCUT2D eigenvalue weighted by Crippen LogP contribution is 2.17. The summed E-state index contributed by atoms with van der Waals surface area (Å²) in [5.41, 5.74) is 0.919. The van der Waals surface area contributed by atoms with E-state index in [1.807, 2.05) is 0 Å². The van der Waals surface area contributed by atoms with Crippen molar-refractivity contribution in [2.24, 2.45) is 0 Å². The first-order valence-electron chi connectivity index (χ1n) is 5.00. The predicted molar refractivity (Wildman–Crippen MR) is 64.6 cm³/mol. The smallest absolute Gasteiger partial charge is 0.387 e. The van der Waals surface area contributed by atoms with Gasteiger partial charge in [0.2, 0.25) is 0 Å². The van der Waals surface area contributed by atoms with Crippen LogP contribution in [0, 0.1) is 0 Å². The summed E-state index contributed by atoms with van der Waals surface area (Å²) < 4.78 is 28.0. The SMILES string of the molecule is CSCCCNc1ccc(OC(F)F)cc1. The van der Waals surface area contributed by atoms with Crippen molar-refractivity contribution in [2.75, 3.05) is 23.9 Å². The molecule has 0 fully saturated rings. The molecule has 0 spiro atoms. The number of thioether (sulfide) groups is 1. The molecule has 16 heavy (non-hydrogen) atoms. The molecule has 0 saturated carbocycles. The Bertz CT molecular complexity index is 293.